The van der Waals surface area contributed by atoms with E-state index in [1.165, 1.54) is 11.1 Å². The lowest BCUT2D eigenvalue weighted by Gasteiger charge is -2.70. The first-order valence-electron chi connectivity index (χ1n) is 10.4. The first-order chi connectivity index (χ1) is 13.6. The van der Waals surface area contributed by atoms with Crippen molar-refractivity contribution >= 4 is 11.6 Å². The average Bonchev–Trinajstić information content (AvgIpc) is 2.70. The van der Waals surface area contributed by atoms with E-state index < -0.39 is 0 Å². The van der Waals surface area contributed by atoms with Crippen LogP contribution >= 0.6 is 0 Å². The molecule has 4 nitrogen and oxygen atoms in total. The number of benzene rings is 2. The van der Waals surface area contributed by atoms with Crippen molar-refractivity contribution in [2.75, 3.05) is 18.5 Å². The number of ether oxygens (including phenoxy) is 1. The van der Waals surface area contributed by atoms with Gasteiger partial charge in [0.2, 0.25) is 5.91 Å². The molecule has 1 saturated carbocycles. The van der Waals surface area contributed by atoms with Crippen LogP contribution in [0.2, 0.25) is 0 Å². The number of hydrogen-bond acceptors (Lipinski definition) is 3. The Morgan fingerprint density at radius 2 is 1.89 bits per heavy atom. The molecular formula is C24H28N2O2. The van der Waals surface area contributed by atoms with Crippen LogP contribution in [0.5, 0.6) is 0 Å². The number of piperidine rings is 1. The molecule has 0 radical (unpaired) electrons. The summed E-state index contributed by atoms with van der Waals surface area (Å²) < 4.78 is 6.39. The maximum Gasteiger partial charge on any atom is 0.228 e. The van der Waals surface area contributed by atoms with Gasteiger partial charge in [-0.25, -0.2) is 0 Å². The second-order valence-electron chi connectivity index (χ2n) is 8.69. The van der Waals surface area contributed by atoms with Crippen molar-refractivity contribution in [1.29, 1.82) is 0 Å². The van der Waals surface area contributed by atoms with E-state index in [-0.39, 0.29) is 28.9 Å². The van der Waals surface area contributed by atoms with Crippen molar-refractivity contribution in [1.82, 2.24) is 4.90 Å². The summed E-state index contributed by atoms with van der Waals surface area (Å²) in [6.45, 7) is 6.92. The first kappa shape index (κ1) is 17.9. The second-order valence-corrected chi connectivity index (χ2v) is 8.69. The molecule has 2 aromatic carbocycles. The number of hydrogen-bond donors (Lipinski definition) is 1. The molecule has 2 aromatic rings. The summed E-state index contributed by atoms with van der Waals surface area (Å²) in [6, 6.07) is 19.0. The molecule has 4 atom stereocenters. The number of para-hydroxylation sites is 1. The number of amides is 1. The van der Waals surface area contributed by atoms with Gasteiger partial charge in [0.25, 0.3) is 0 Å². The van der Waals surface area contributed by atoms with Crippen molar-refractivity contribution < 1.29 is 9.53 Å². The topological polar surface area (TPSA) is 41.6 Å². The lowest BCUT2D eigenvalue weighted by atomic mass is 9.38. The molecule has 0 aromatic heterocycles. The molecule has 2 heterocycles. The minimum absolute atomic E-state index is 0.0154. The predicted octanol–water partition coefficient (Wildman–Crippen LogP) is 4.17. The molecule has 1 spiro atoms. The second kappa shape index (κ2) is 6.43. The number of likely N-dealkylation sites (tertiary alicyclic amines) is 1. The average molecular weight is 377 g/mol. The van der Waals surface area contributed by atoms with Gasteiger partial charge in [-0.15, -0.1) is 0 Å². The van der Waals surface area contributed by atoms with Crippen LogP contribution in [0.15, 0.2) is 54.6 Å². The third-order valence-corrected chi connectivity index (χ3v) is 7.45. The van der Waals surface area contributed by atoms with Gasteiger partial charge in [0, 0.05) is 42.1 Å². The molecule has 28 heavy (non-hydrogen) atoms. The lowest BCUT2D eigenvalue weighted by Crippen LogP contribution is -2.75. The van der Waals surface area contributed by atoms with Crippen LogP contribution in [0.25, 0.3) is 0 Å². The Morgan fingerprint density at radius 3 is 2.68 bits per heavy atom. The quantitative estimate of drug-likeness (QED) is 0.871. The molecule has 2 aliphatic heterocycles. The summed E-state index contributed by atoms with van der Waals surface area (Å²) in [5.41, 5.74) is 3.40. The number of nitrogens with zero attached hydrogens (tertiary/aromatic N) is 1. The van der Waals surface area contributed by atoms with Crippen LogP contribution in [-0.4, -0.2) is 30.2 Å². The summed E-state index contributed by atoms with van der Waals surface area (Å²) in [6.07, 6.45) is 1.89. The summed E-state index contributed by atoms with van der Waals surface area (Å²) in [4.78, 5) is 15.4. The fraction of sp³-hybridized carbons (Fsp3) is 0.458. The van der Waals surface area contributed by atoms with Gasteiger partial charge in [-0.05, 0) is 37.0 Å². The van der Waals surface area contributed by atoms with Crippen LogP contribution in [0, 0.1) is 11.3 Å². The highest BCUT2D eigenvalue weighted by Crippen LogP contribution is 2.70. The largest absolute Gasteiger partial charge is 0.363 e. The molecule has 1 unspecified atom stereocenters. The maximum atomic E-state index is 12.9. The summed E-state index contributed by atoms with van der Waals surface area (Å²) in [5.74, 6) is 0.233. The lowest BCUT2D eigenvalue weighted by molar-refractivity contribution is -0.248. The number of fused-ring (bicyclic) bond motifs is 1. The van der Waals surface area contributed by atoms with Gasteiger partial charge in [0.05, 0.1) is 0 Å². The van der Waals surface area contributed by atoms with E-state index in [1.54, 1.807) is 0 Å². The van der Waals surface area contributed by atoms with E-state index in [1.807, 2.05) is 12.1 Å². The van der Waals surface area contributed by atoms with Crippen LogP contribution in [0.3, 0.4) is 0 Å². The normalized spacial score (nSPS) is 33.9. The molecule has 5 rings (SSSR count). The molecule has 1 N–H and O–H groups in total. The van der Waals surface area contributed by atoms with Crippen LogP contribution in [-0.2, 0) is 21.5 Å². The number of rotatable bonds is 4. The zero-order valence-electron chi connectivity index (χ0n) is 16.7. The smallest absolute Gasteiger partial charge is 0.228 e. The third-order valence-electron chi connectivity index (χ3n) is 7.45. The molecule has 1 aliphatic carbocycles. The molecule has 4 heteroatoms. The number of anilines is 1. The Bertz CT molecular complexity index is 898. The van der Waals surface area contributed by atoms with Crippen molar-refractivity contribution in [2.45, 2.75) is 44.9 Å². The highest BCUT2D eigenvalue weighted by Gasteiger charge is 2.72. The van der Waals surface area contributed by atoms with Gasteiger partial charge in [0.1, 0.15) is 6.23 Å². The van der Waals surface area contributed by atoms with E-state index in [0.29, 0.717) is 6.61 Å². The summed E-state index contributed by atoms with van der Waals surface area (Å²) >= 11 is 0. The molecule has 1 amide bonds. The van der Waals surface area contributed by atoms with Gasteiger partial charge in [-0.2, -0.15) is 0 Å². The van der Waals surface area contributed by atoms with Gasteiger partial charge in [-0.3, -0.25) is 9.69 Å². The van der Waals surface area contributed by atoms with Crippen LogP contribution in [0.4, 0.5) is 5.69 Å². The maximum absolute atomic E-state index is 12.9. The van der Waals surface area contributed by atoms with E-state index in [0.717, 1.165) is 31.6 Å². The highest BCUT2D eigenvalue weighted by molar-refractivity contribution is 5.99. The third kappa shape index (κ3) is 2.28. The van der Waals surface area contributed by atoms with E-state index in [9.17, 15) is 4.79 Å². The van der Waals surface area contributed by atoms with Crippen LogP contribution < -0.4 is 5.32 Å². The minimum atomic E-state index is -0.126. The fourth-order valence-corrected chi connectivity index (χ4v) is 6.24. The summed E-state index contributed by atoms with van der Waals surface area (Å²) in [5, 5.41) is 3.14. The van der Waals surface area contributed by atoms with Gasteiger partial charge >= 0.3 is 0 Å². The van der Waals surface area contributed by atoms with Crippen molar-refractivity contribution in [3.05, 3.63) is 65.7 Å². The zero-order chi connectivity index (χ0) is 19.4. The van der Waals surface area contributed by atoms with Crippen molar-refractivity contribution in [3.8, 4) is 0 Å². The molecule has 146 valence electrons. The zero-order valence-corrected chi connectivity index (χ0v) is 16.7. The molecular weight excluding hydrogens is 348 g/mol. The van der Waals surface area contributed by atoms with Gasteiger partial charge < -0.3 is 10.1 Å². The fourth-order valence-electron chi connectivity index (χ4n) is 6.24. The Balaban J connectivity index is 1.55. The number of nitrogens with one attached hydrogen (secondary N) is 1. The minimum Gasteiger partial charge on any atom is -0.363 e. The molecule has 3 aliphatic rings. The predicted molar refractivity (Wildman–Crippen MR) is 110 cm³/mol. The summed E-state index contributed by atoms with van der Waals surface area (Å²) in [7, 11) is 0. The van der Waals surface area contributed by atoms with Crippen LogP contribution in [0.1, 0.15) is 37.8 Å². The van der Waals surface area contributed by atoms with E-state index >= 15 is 0 Å². The molecule has 2 fully saturated rings. The van der Waals surface area contributed by atoms with Gasteiger partial charge in [0.15, 0.2) is 0 Å². The van der Waals surface area contributed by atoms with Crippen molar-refractivity contribution in [2.24, 2.45) is 11.3 Å². The number of carbonyl (C=O) groups excluding carboxylic acids is 1. The van der Waals surface area contributed by atoms with Gasteiger partial charge in [-0.1, -0.05) is 55.5 Å². The molecule has 1 saturated heterocycles. The first-order valence-corrected chi connectivity index (χ1v) is 10.4. The monoisotopic (exact) mass is 376 g/mol. The van der Waals surface area contributed by atoms with E-state index in [2.05, 4.69) is 66.5 Å². The number of carbonyl (C=O) groups is 1. The van der Waals surface area contributed by atoms with E-state index in [4.69, 9.17) is 4.74 Å². The highest BCUT2D eigenvalue weighted by atomic mass is 16.5. The Morgan fingerprint density at radius 1 is 1.14 bits per heavy atom. The van der Waals surface area contributed by atoms with Crippen molar-refractivity contribution in [3.63, 3.8) is 0 Å². The Hall–Kier alpha value is -2.17. The standard InChI is InChI=1S/C24H28N2O2/c1-3-28-22-23(2)15-19-21(27)25-20-12-8-7-11-18(20)24(19,23)13-14-26(22)16-17-9-5-4-6-10-17/h4-12,19,22H,3,13-16H2,1-2H3,(H,25,27)/t19-,22?,23-,24+/m1/s1. The SMILES string of the molecule is CCOC1N(Cc2ccccc2)CC[C@]23c4ccccc4NC(=O)[C@H]2C[C@]13C. The molecule has 0 bridgehead atoms. The Labute approximate surface area is 166 Å². The Kier molecular flexibility index (Phi) is 4.11.